The molecule has 2 heteroatoms. The third-order valence-corrected chi connectivity index (χ3v) is 4.71. The van der Waals surface area contributed by atoms with E-state index < -0.39 is 0 Å². The van der Waals surface area contributed by atoms with Gasteiger partial charge in [-0.05, 0) is 38.1 Å². The van der Waals surface area contributed by atoms with Crippen molar-refractivity contribution in [1.82, 2.24) is 4.90 Å². The fourth-order valence-corrected chi connectivity index (χ4v) is 3.47. The molecule has 0 spiro atoms. The SMILES string of the molecule is CCCCC(CC)(CN)N1CCCC1C(C)C. The average molecular weight is 240 g/mol. The van der Waals surface area contributed by atoms with E-state index >= 15 is 0 Å². The molecule has 2 atom stereocenters. The van der Waals surface area contributed by atoms with Crippen LogP contribution in [0.5, 0.6) is 0 Å². The lowest BCUT2D eigenvalue weighted by Crippen LogP contribution is -2.56. The number of hydrogen-bond donors (Lipinski definition) is 1. The Bertz CT molecular complexity index is 209. The Labute approximate surface area is 108 Å². The molecule has 1 aliphatic heterocycles. The Balaban J connectivity index is 2.80. The normalized spacial score (nSPS) is 25.4. The smallest absolute Gasteiger partial charge is 0.0332 e. The number of rotatable bonds is 7. The predicted molar refractivity (Wildman–Crippen MR) is 76.2 cm³/mol. The van der Waals surface area contributed by atoms with Crippen LogP contribution < -0.4 is 5.73 Å². The maximum absolute atomic E-state index is 6.16. The van der Waals surface area contributed by atoms with Crippen molar-refractivity contribution in [3.63, 3.8) is 0 Å². The molecule has 2 unspecified atom stereocenters. The van der Waals surface area contributed by atoms with Crippen molar-refractivity contribution in [3.8, 4) is 0 Å². The molecule has 102 valence electrons. The molecule has 0 aromatic rings. The summed E-state index contributed by atoms with van der Waals surface area (Å²) in [5.74, 6) is 0.761. The lowest BCUT2D eigenvalue weighted by atomic mass is 9.85. The van der Waals surface area contributed by atoms with Crippen molar-refractivity contribution in [1.29, 1.82) is 0 Å². The van der Waals surface area contributed by atoms with Crippen molar-refractivity contribution in [2.24, 2.45) is 11.7 Å². The zero-order valence-corrected chi connectivity index (χ0v) is 12.3. The van der Waals surface area contributed by atoms with Gasteiger partial charge in [0.1, 0.15) is 0 Å². The maximum atomic E-state index is 6.16. The molecule has 0 aromatic carbocycles. The van der Waals surface area contributed by atoms with Crippen LogP contribution >= 0.6 is 0 Å². The van der Waals surface area contributed by atoms with Crippen LogP contribution in [0.3, 0.4) is 0 Å². The van der Waals surface area contributed by atoms with E-state index in [1.807, 2.05) is 0 Å². The van der Waals surface area contributed by atoms with E-state index in [9.17, 15) is 0 Å². The summed E-state index contributed by atoms with van der Waals surface area (Å²) in [6.07, 6.45) is 7.79. The molecule has 0 aromatic heterocycles. The highest BCUT2D eigenvalue weighted by Gasteiger charge is 2.40. The number of nitrogens with two attached hydrogens (primary N) is 1. The Morgan fingerprint density at radius 3 is 2.53 bits per heavy atom. The van der Waals surface area contributed by atoms with Gasteiger partial charge >= 0.3 is 0 Å². The lowest BCUT2D eigenvalue weighted by Gasteiger charge is -2.45. The molecule has 0 radical (unpaired) electrons. The summed E-state index contributed by atoms with van der Waals surface area (Å²) in [5.41, 5.74) is 6.44. The largest absolute Gasteiger partial charge is 0.329 e. The molecule has 0 aliphatic carbocycles. The van der Waals surface area contributed by atoms with E-state index in [4.69, 9.17) is 5.73 Å². The molecule has 1 saturated heterocycles. The van der Waals surface area contributed by atoms with Gasteiger partial charge < -0.3 is 5.73 Å². The van der Waals surface area contributed by atoms with E-state index in [1.165, 1.54) is 45.1 Å². The van der Waals surface area contributed by atoms with E-state index in [0.717, 1.165) is 18.5 Å². The molecule has 1 heterocycles. The van der Waals surface area contributed by atoms with Gasteiger partial charge in [-0.15, -0.1) is 0 Å². The van der Waals surface area contributed by atoms with Gasteiger partial charge in [0.2, 0.25) is 0 Å². The highest BCUT2D eigenvalue weighted by atomic mass is 15.3. The molecular weight excluding hydrogens is 208 g/mol. The zero-order chi connectivity index (χ0) is 12.9. The molecule has 1 fully saturated rings. The summed E-state index contributed by atoms with van der Waals surface area (Å²) in [4.78, 5) is 2.76. The van der Waals surface area contributed by atoms with Crippen molar-refractivity contribution >= 4 is 0 Å². The van der Waals surface area contributed by atoms with Crippen LogP contribution in [0.4, 0.5) is 0 Å². The van der Waals surface area contributed by atoms with Crippen LogP contribution in [-0.2, 0) is 0 Å². The molecule has 0 saturated carbocycles. The fraction of sp³-hybridized carbons (Fsp3) is 1.00. The fourth-order valence-electron chi connectivity index (χ4n) is 3.47. The topological polar surface area (TPSA) is 29.3 Å². The molecule has 1 aliphatic rings. The van der Waals surface area contributed by atoms with Gasteiger partial charge in [-0.2, -0.15) is 0 Å². The van der Waals surface area contributed by atoms with Gasteiger partial charge in [0.25, 0.3) is 0 Å². The molecule has 0 amide bonds. The quantitative estimate of drug-likeness (QED) is 0.739. The van der Waals surface area contributed by atoms with Gasteiger partial charge in [0.15, 0.2) is 0 Å². The van der Waals surface area contributed by atoms with E-state index in [1.54, 1.807) is 0 Å². The van der Waals surface area contributed by atoms with Gasteiger partial charge in [-0.3, -0.25) is 4.90 Å². The minimum Gasteiger partial charge on any atom is -0.329 e. The van der Waals surface area contributed by atoms with Crippen molar-refractivity contribution < 1.29 is 0 Å². The average Bonchev–Trinajstić information content (AvgIpc) is 2.81. The Morgan fingerprint density at radius 1 is 1.35 bits per heavy atom. The first-order chi connectivity index (χ1) is 8.11. The predicted octanol–water partition coefficient (Wildman–Crippen LogP) is 3.40. The van der Waals surface area contributed by atoms with Crippen molar-refractivity contribution in [3.05, 3.63) is 0 Å². The standard InChI is InChI=1S/C15H32N2/c1-5-7-10-15(6-2,12-16)17-11-8-9-14(17)13(3)4/h13-14H,5-12,16H2,1-4H3. The number of likely N-dealkylation sites (tertiary alicyclic amines) is 1. The Kier molecular flexibility index (Phi) is 5.94. The third kappa shape index (κ3) is 3.23. The number of hydrogen-bond acceptors (Lipinski definition) is 2. The molecule has 0 bridgehead atoms. The Morgan fingerprint density at radius 2 is 2.06 bits per heavy atom. The number of nitrogens with zero attached hydrogens (tertiary/aromatic N) is 1. The molecule has 1 rings (SSSR count). The van der Waals surface area contributed by atoms with Gasteiger partial charge in [-0.25, -0.2) is 0 Å². The van der Waals surface area contributed by atoms with E-state index in [-0.39, 0.29) is 5.54 Å². The van der Waals surface area contributed by atoms with Gasteiger partial charge in [-0.1, -0.05) is 40.5 Å². The monoisotopic (exact) mass is 240 g/mol. The first-order valence-corrected chi connectivity index (χ1v) is 7.58. The first-order valence-electron chi connectivity index (χ1n) is 7.58. The van der Waals surface area contributed by atoms with Crippen LogP contribution in [0, 0.1) is 5.92 Å². The second-order valence-corrected chi connectivity index (χ2v) is 6.03. The van der Waals surface area contributed by atoms with Crippen LogP contribution in [0.25, 0.3) is 0 Å². The van der Waals surface area contributed by atoms with E-state index in [0.29, 0.717) is 0 Å². The Hall–Kier alpha value is -0.0800. The van der Waals surface area contributed by atoms with Gasteiger partial charge in [0, 0.05) is 18.1 Å². The van der Waals surface area contributed by atoms with Crippen molar-refractivity contribution in [2.75, 3.05) is 13.1 Å². The highest BCUT2D eigenvalue weighted by molar-refractivity contribution is 4.97. The summed E-state index contributed by atoms with van der Waals surface area (Å²) in [6.45, 7) is 11.4. The molecule has 17 heavy (non-hydrogen) atoms. The summed E-state index contributed by atoms with van der Waals surface area (Å²) >= 11 is 0. The van der Waals surface area contributed by atoms with Gasteiger partial charge in [0.05, 0.1) is 0 Å². The summed E-state index contributed by atoms with van der Waals surface area (Å²) in [7, 11) is 0. The maximum Gasteiger partial charge on any atom is 0.0332 e. The lowest BCUT2D eigenvalue weighted by molar-refractivity contribution is 0.0472. The number of unbranched alkanes of at least 4 members (excludes halogenated alkanes) is 1. The summed E-state index contributed by atoms with van der Waals surface area (Å²) in [5, 5.41) is 0. The molecule has 2 N–H and O–H groups in total. The highest BCUT2D eigenvalue weighted by Crippen LogP contribution is 2.35. The minimum absolute atomic E-state index is 0.279. The minimum atomic E-state index is 0.279. The second kappa shape index (κ2) is 6.75. The summed E-state index contributed by atoms with van der Waals surface area (Å²) in [6, 6.07) is 0.760. The van der Waals surface area contributed by atoms with Crippen LogP contribution in [0.15, 0.2) is 0 Å². The second-order valence-electron chi connectivity index (χ2n) is 6.03. The zero-order valence-electron chi connectivity index (χ0n) is 12.3. The van der Waals surface area contributed by atoms with E-state index in [2.05, 4.69) is 32.6 Å². The van der Waals surface area contributed by atoms with Crippen molar-refractivity contribution in [2.45, 2.75) is 77.8 Å². The molecule has 2 nitrogen and oxygen atoms in total. The van der Waals surface area contributed by atoms with Crippen LogP contribution in [-0.4, -0.2) is 29.6 Å². The first kappa shape index (κ1) is 15.0. The van der Waals surface area contributed by atoms with Crippen LogP contribution in [0.1, 0.15) is 66.2 Å². The third-order valence-electron chi connectivity index (χ3n) is 4.71. The molecular formula is C15H32N2. The van der Waals surface area contributed by atoms with Crippen LogP contribution in [0.2, 0.25) is 0 Å². The summed E-state index contributed by atoms with van der Waals surface area (Å²) < 4.78 is 0.